The first kappa shape index (κ1) is 16.5. The van der Waals surface area contributed by atoms with Crippen LogP contribution in [0.5, 0.6) is 0 Å². The van der Waals surface area contributed by atoms with Gasteiger partial charge in [-0.15, -0.1) is 15.3 Å². The number of hydrogen-bond acceptors (Lipinski definition) is 6. The zero-order chi connectivity index (χ0) is 17.1. The minimum atomic E-state index is -0.688. The monoisotopic (exact) mass is 336 g/mol. The zero-order valence-corrected chi connectivity index (χ0v) is 13.8. The lowest BCUT2D eigenvalue weighted by Crippen LogP contribution is -2.32. The van der Waals surface area contributed by atoms with Crippen molar-refractivity contribution in [3.8, 4) is 0 Å². The summed E-state index contributed by atoms with van der Waals surface area (Å²) in [6.45, 7) is 4.29. The van der Waals surface area contributed by atoms with Gasteiger partial charge in [-0.2, -0.15) is 0 Å². The first-order valence-corrected chi connectivity index (χ1v) is 8.14. The van der Waals surface area contributed by atoms with Crippen LogP contribution in [0.25, 0.3) is 0 Å². The maximum absolute atomic E-state index is 13.1. The van der Waals surface area contributed by atoms with E-state index in [-0.39, 0.29) is 18.1 Å². The zero-order valence-electron chi connectivity index (χ0n) is 13.8. The number of alkyl halides is 1. The summed E-state index contributed by atoms with van der Waals surface area (Å²) in [7, 11) is 0. The molecular weight excluding hydrogens is 315 g/mol. The van der Waals surface area contributed by atoms with Crippen molar-refractivity contribution < 1.29 is 13.6 Å². The van der Waals surface area contributed by atoms with Crippen LogP contribution in [0.4, 0.5) is 4.39 Å². The Labute approximate surface area is 138 Å². The predicted molar refractivity (Wildman–Crippen MR) is 82.1 cm³/mol. The van der Waals surface area contributed by atoms with Crippen molar-refractivity contribution in [2.45, 2.75) is 52.2 Å². The molecule has 2 aromatic rings. The van der Waals surface area contributed by atoms with Gasteiger partial charge >= 0.3 is 0 Å². The number of rotatable bonds is 5. The second-order valence-corrected chi connectivity index (χ2v) is 6.22. The number of carbonyl (C=O) groups excluding carboxylic acids is 1. The van der Waals surface area contributed by atoms with E-state index in [0.717, 1.165) is 12.8 Å². The topological polar surface area (TPSA) is 98.7 Å². The van der Waals surface area contributed by atoms with Crippen molar-refractivity contribution >= 4 is 5.91 Å². The minimum absolute atomic E-state index is 0.261. The molecule has 1 aliphatic rings. The average molecular weight is 336 g/mol. The Balaban J connectivity index is 1.57. The highest BCUT2D eigenvalue weighted by atomic mass is 19.1. The number of aromatic nitrogens is 5. The lowest BCUT2D eigenvalue weighted by Gasteiger charge is -2.24. The van der Waals surface area contributed by atoms with Crippen molar-refractivity contribution in [2.24, 2.45) is 5.92 Å². The third-order valence-electron chi connectivity index (χ3n) is 4.38. The molecule has 2 aromatic heterocycles. The lowest BCUT2D eigenvalue weighted by atomic mass is 9.88. The normalized spacial score (nSPS) is 21.0. The van der Waals surface area contributed by atoms with Gasteiger partial charge in [0.2, 0.25) is 11.8 Å². The van der Waals surface area contributed by atoms with E-state index in [9.17, 15) is 9.18 Å². The number of halogens is 1. The number of amides is 1. The molecule has 3 rings (SSSR count). The summed E-state index contributed by atoms with van der Waals surface area (Å²) in [4.78, 5) is 12.3. The molecule has 1 amide bonds. The van der Waals surface area contributed by atoms with Crippen LogP contribution in [0.2, 0.25) is 0 Å². The molecule has 1 aliphatic carbocycles. The molecule has 0 bridgehead atoms. The van der Waals surface area contributed by atoms with Gasteiger partial charge in [0.1, 0.15) is 12.7 Å². The Hall–Kier alpha value is -2.32. The Bertz CT molecular complexity index is 705. The fraction of sp³-hybridized carbons (Fsp3) is 0.667. The number of hydrogen-bond donors (Lipinski definition) is 1. The van der Waals surface area contributed by atoms with E-state index < -0.39 is 6.17 Å². The Kier molecular flexibility index (Phi) is 4.86. The number of nitrogens with one attached hydrogen (secondary N) is 1. The van der Waals surface area contributed by atoms with Crippen LogP contribution in [-0.2, 0) is 6.54 Å². The van der Waals surface area contributed by atoms with E-state index in [1.54, 1.807) is 18.5 Å². The van der Waals surface area contributed by atoms with E-state index >= 15 is 0 Å². The van der Waals surface area contributed by atoms with Gasteiger partial charge in [-0.05, 0) is 38.5 Å². The van der Waals surface area contributed by atoms with E-state index in [1.807, 2.05) is 0 Å². The highest BCUT2D eigenvalue weighted by Gasteiger charge is 2.23. The number of aryl methyl sites for hydroxylation is 1. The Morgan fingerprint density at radius 1 is 1.25 bits per heavy atom. The van der Waals surface area contributed by atoms with Gasteiger partial charge in [0, 0.05) is 13.5 Å². The maximum Gasteiger partial charge on any atom is 0.273 e. The van der Waals surface area contributed by atoms with Crippen molar-refractivity contribution in [2.75, 3.05) is 6.54 Å². The van der Waals surface area contributed by atoms with Gasteiger partial charge in [-0.3, -0.25) is 4.79 Å². The van der Waals surface area contributed by atoms with Gasteiger partial charge in [-0.1, -0.05) is 5.21 Å². The summed E-state index contributed by atoms with van der Waals surface area (Å²) >= 11 is 0. The molecule has 8 nitrogen and oxygen atoms in total. The summed E-state index contributed by atoms with van der Waals surface area (Å²) in [5.41, 5.74) is 0.918. The van der Waals surface area contributed by atoms with E-state index in [4.69, 9.17) is 4.42 Å². The van der Waals surface area contributed by atoms with Gasteiger partial charge in [0.05, 0.1) is 5.69 Å². The Morgan fingerprint density at radius 2 is 2.00 bits per heavy atom. The molecule has 0 radical (unpaired) electrons. The molecule has 0 unspecified atom stereocenters. The molecule has 1 N–H and O–H groups in total. The maximum atomic E-state index is 13.1. The summed E-state index contributed by atoms with van der Waals surface area (Å²) in [6.07, 6.45) is 2.10. The van der Waals surface area contributed by atoms with Crippen molar-refractivity contribution in [1.29, 1.82) is 0 Å². The molecule has 2 heterocycles. The number of carbonyl (C=O) groups is 1. The molecule has 24 heavy (non-hydrogen) atoms. The molecular formula is C15H21FN6O2. The predicted octanol–water partition coefficient (Wildman–Crippen LogP) is 1.58. The van der Waals surface area contributed by atoms with Crippen molar-refractivity contribution in [3.63, 3.8) is 0 Å². The number of nitrogens with zero attached hydrogens (tertiary/aromatic N) is 5. The van der Waals surface area contributed by atoms with Gasteiger partial charge < -0.3 is 9.73 Å². The fourth-order valence-corrected chi connectivity index (χ4v) is 2.90. The summed E-state index contributed by atoms with van der Waals surface area (Å²) in [6, 6.07) is 0. The van der Waals surface area contributed by atoms with Crippen LogP contribution in [0.3, 0.4) is 0 Å². The first-order valence-electron chi connectivity index (χ1n) is 8.14. The molecule has 0 atom stereocenters. The molecule has 130 valence electrons. The third kappa shape index (κ3) is 3.77. The fourth-order valence-electron chi connectivity index (χ4n) is 2.90. The smallest absolute Gasteiger partial charge is 0.273 e. The largest absolute Gasteiger partial charge is 0.424 e. The van der Waals surface area contributed by atoms with E-state index in [2.05, 4.69) is 25.8 Å². The van der Waals surface area contributed by atoms with E-state index in [0.29, 0.717) is 42.8 Å². The van der Waals surface area contributed by atoms with Crippen LogP contribution in [0.15, 0.2) is 4.42 Å². The molecule has 0 aromatic carbocycles. The highest BCUT2D eigenvalue weighted by molar-refractivity contribution is 5.93. The van der Waals surface area contributed by atoms with Gasteiger partial charge in [0.25, 0.3) is 5.91 Å². The van der Waals surface area contributed by atoms with Crippen LogP contribution in [-0.4, -0.2) is 43.8 Å². The second-order valence-electron chi connectivity index (χ2n) is 6.22. The van der Waals surface area contributed by atoms with E-state index in [1.165, 1.54) is 0 Å². The van der Waals surface area contributed by atoms with Crippen LogP contribution < -0.4 is 5.32 Å². The van der Waals surface area contributed by atoms with Crippen LogP contribution >= 0.6 is 0 Å². The summed E-state index contributed by atoms with van der Waals surface area (Å²) in [5, 5.41) is 18.5. The first-order chi connectivity index (χ1) is 11.5. The average Bonchev–Trinajstić information content (AvgIpc) is 3.13. The van der Waals surface area contributed by atoms with Crippen LogP contribution in [0.1, 0.15) is 53.6 Å². The molecule has 1 fully saturated rings. The van der Waals surface area contributed by atoms with Crippen LogP contribution in [0, 0.1) is 19.8 Å². The standard InChI is InChI=1S/C15H21FN6O2/c1-9-14(15(23)17-7-11-3-5-12(16)6-4-11)20-21-22(9)8-13-19-18-10(2)24-13/h11-12H,3-8H2,1-2H3,(H,17,23). The lowest BCUT2D eigenvalue weighted by molar-refractivity contribution is 0.0933. The molecule has 0 saturated heterocycles. The van der Waals surface area contributed by atoms with Gasteiger partial charge in [0.15, 0.2) is 5.69 Å². The quantitative estimate of drug-likeness (QED) is 0.890. The summed E-state index contributed by atoms with van der Waals surface area (Å²) in [5.74, 6) is 0.958. The molecule has 0 spiro atoms. The minimum Gasteiger partial charge on any atom is -0.424 e. The SMILES string of the molecule is Cc1nnc(Cn2nnc(C(=O)NCC3CCC(F)CC3)c2C)o1. The molecule has 1 saturated carbocycles. The highest BCUT2D eigenvalue weighted by Crippen LogP contribution is 2.25. The summed E-state index contributed by atoms with van der Waals surface area (Å²) < 4.78 is 20.0. The van der Waals surface area contributed by atoms with Gasteiger partial charge in [-0.25, -0.2) is 9.07 Å². The molecule has 9 heteroatoms. The molecule has 0 aliphatic heterocycles. The second kappa shape index (κ2) is 7.06. The Morgan fingerprint density at radius 3 is 2.67 bits per heavy atom. The van der Waals surface area contributed by atoms with Crippen molar-refractivity contribution in [3.05, 3.63) is 23.2 Å². The third-order valence-corrected chi connectivity index (χ3v) is 4.38. The van der Waals surface area contributed by atoms with Crippen molar-refractivity contribution in [1.82, 2.24) is 30.5 Å².